The Kier molecular flexibility index (Phi) is 4.59. The molecule has 0 amide bonds. The van der Waals surface area contributed by atoms with Crippen molar-refractivity contribution in [3.8, 4) is 0 Å². The second-order valence-electron chi connectivity index (χ2n) is 4.72. The van der Waals surface area contributed by atoms with Crippen LogP contribution in [-0.4, -0.2) is 30.3 Å². The van der Waals surface area contributed by atoms with Crippen molar-refractivity contribution in [3.63, 3.8) is 0 Å². The SMILES string of the molecule is CCC(C)CN1CCCC(C(C)=O)C1. The minimum atomic E-state index is 0.313. The van der Waals surface area contributed by atoms with Crippen molar-refractivity contribution in [3.05, 3.63) is 0 Å². The van der Waals surface area contributed by atoms with Gasteiger partial charge in [-0.1, -0.05) is 20.3 Å². The molecule has 2 unspecified atom stereocenters. The summed E-state index contributed by atoms with van der Waals surface area (Å²) in [6.07, 6.45) is 3.54. The molecule has 1 aliphatic heterocycles. The van der Waals surface area contributed by atoms with E-state index in [2.05, 4.69) is 18.7 Å². The first kappa shape index (κ1) is 11.7. The first-order chi connectivity index (χ1) is 6.63. The number of nitrogens with zero attached hydrogens (tertiary/aromatic N) is 1. The number of hydrogen-bond donors (Lipinski definition) is 0. The Labute approximate surface area is 87.7 Å². The maximum atomic E-state index is 11.3. The van der Waals surface area contributed by atoms with Gasteiger partial charge >= 0.3 is 0 Å². The van der Waals surface area contributed by atoms with Gasteiger partial charge in [0.2, 0.25) is 0 Å². The maximum Gasteiger partial charge on any atom is 0.134 e. The molecule has 0 aromatic rings. The summed E-state index contributed by atoms with van der Waals surface area (Å²) in [6, 6.07) is 0. The highest BCUT2D eigenvalue weighted by Crippen LogP contribution is 2.18. The summed E-state index contributed by atoms with van der Waals surface area (Å²) in [7, 11) is 0. The van der Waals surface area contributed by atoms with Gasteiger partial charge in [0, 0.05) is 19.0 Å². The van der Waals surface area contributed by atoms with Gasteiger partial charge in [-0.05, 0) is 32.2 Å². The van der Waals surface area contributed by atoms with Crippen LogP contribution in [-0.2, 0) is 4.79 Å². The number of ketones is 1. The monoisotopic (exact) mass is 197 g/mol. The standard InChI is InChI=1S/C12H23NO/c1-4-10(2)8-13-7-5-6-12(9-13)11(3)14/h10,12H,4-9H2,1-3H3. The molecule has 1 heterocycles. The summed E-state index contributed by atoms with van der Waals surface area (Å²) in [5, 5.41) is 0. The van der Waals surface area contributed by atoms with Crippen LogP contribution < -0.4 is 0 Å². The van der Waals surface area contributed by atoms with Crippen molar-refractivity contribution in [1.29, 1.82) is 0 Å². The van der Waals surface area contributed by atoms with Crippen molar-refractivity contribution in [1.82, 2.24) is 4.90 Å². The average Bonchev–Trinajstić information content (AvgIpc) is 2.18. The molecule has 1 rings (SSSR count). The zero-order valence-electron chi connectivity index (χ0n) is 9.75. The van der Waals surface area contributed by atoms with Gasteiger partial charge in [0.1, 0.15) is 5.78 Å². The van der Waals surface area contributed by atoms with E-state index >= 15 is 0 Å². The van der Waals surface area contributed by atoms with E-state index in [0.717, 1.165) is 18.9 Å². The summed E-state index contributed by atoms with van der Waals surface area (Å²) in [5.74, 6) is 1.45. The molecule has 0 bridgehead atoms. The van der Waals surface area contributed by atoms with Crippen LogP contribution in [0.15, 0.2) is 0 Å². The third kappa shape index (κ3) is 3.41. The van der Waals surface area contributed by atoms with Gasteiger partial charge in [0.25, 0.3) is 0 Å². The van der Waals surface area contributed by atoms with Crippen molar-refractivity contribution in [2.45, 2.75) is 40.0 Å². The lowest BCUT2D eigenvalue weighted by atomic mass is 9.94. The predicted molar refractivity (Wildman–Crippen MR) is 59.3 cm³/mol. The molecule has 2 atom stereocenters. The maximum absolute atomic E-state index is 11.3. The van der Waals surface area contributed by atoms with Crippen molar-refractivity contribution < 1.29 is 4.79 Å². The third-order valence-corrected chi connectivity index (χ3v) is 3.35. The summed E-state index contributed by atoms with van der Waals surface area (Å²) in [6.45, 7) is 9.61. The molecule has 14 heavy (non-hydrogen) atoms. The van der Waals surface area contributed by atoms with E-state index < -0.39 is 0 Å². The fourth-order valence-corrected chi connectivity index (χ4v) is 2.12. The van der Waals surface area contributed by atoms with Gasteiger partial charge in [-0.25, -0.2) is 0 Å². The molecular formula is C12H23NO. The lowest BCUT2D eigenvalue weighted by Crippen LogP contribution is -2.40. The van der Waals surface area contributed by atoms with E-state index in [1.807, 2.05) is 0 Å². The molecule has 2 heteroatoms. The van der Waals surface area contributed by atoms with Crippen molar-refractivity contribution in [2.24, 2.45) is 11.8 Å². The molecule has 1 saturated heterocycles. The van der Waals surface area contributed by atoms with Gasteiger partial charge in [-0.3, -0.25) is 4.79 Å². The Bertz CT molecular complexity index is 191. The Morgan fingerprint density at radius 2 is 2.29 bits per heavy atom. The van der Waals surface area contributed by atoms with Gasteiger partial charge in [0.05, 0.1) is 0 Å². The first-order valence-electron chi connectivity index (χ1n) is 5.86. The lowest BCUT2D eigenvalue weighted by Gasteiger charge is -2.33. The molecule has 82 valence electrons. The van der Waals surface area contributed by atoms with Gasteiger partial charge in [-0.2, -0.15) is 0 Å². The largest absolute Gasteiger partial charge is 0.302 e. The Morgan fingerprint density at radius 3 is 2.86 bits per heavy atom. The number of piperidine rings is 1. The van der Waals surface area contributed by atoms with Crippen LogP contribution >= 0.6 is 0 Å². The van der Waals surface area contributed by atoms with Gasteiger partial charge < -0.3 is 4.90 Å². The minimum Gasteiger partial charge on any atom is -0.302 e. The summed E-state index contributed by atoms with van der Waals surface area (Å²) >= 11 is 0. The Morgan fingerprint density at radius 1 is 1.57 bits per heavy atom. The molecule has 0 aliphatic carbocycles. The zero-order valence-corrected chi connectivity index (χ0v) is 9.75. The molecule has 1 fully saturated rings. The van der Waals surface area contributed by atoms with Crippen LogP contribution in [0.1, 0.15) is 40.0 Å². The lowest BCUT2D eigenvalue weighted by molar-refractivity contribution is -0.122. The second-order valence-corrected chi connectivity index (χ2v) is 4.72. The van der Waals surface area contributed by atoms with Crippen LogP contribution in [0.5, 0.6) is 0 Å². The van der Waals surface area contributed by atoms with E-state index in [0.29, 0.717) is 11.7 Å². The Balaban J connectivity index is 2.36. The topological polar surface area (TPSA) is 20.3 Å². The molecule has 0 radical (unpaired) electrons. The number of carbonyl (C=O) groups is 1. The smallest absolute Gasteiger partial charge is 0.134 e. The molecule has 0 aromatic heterocycles. The Hall–Kier alpha value is -0.370. The summed E-state index contributed by atoms with van der Waals surface area (Å²) < 4.78 is 0. The fourth-order valence-electron chi connectivity index (χ4n) is 2.12. The van der Waals surface area contributed by atoms with Gasteiger partial charge in [0.15, 0.2) is 0 Å². The van der Waals surface area contributed by atoms with Crippen LogP contribution in [0.25, 0.3) is 0 Å². The highest BCUT2D eigenvalue weighted by atomic mass is 16.1. The number of carbonyl (C=O) groups excluding carboxylic acids is 1. The van der Waals surface area contributed by atoms with E-state index in [1.165, 1.54) is 25.9 Å². The first-order valence-corrected chi connectivity index (χ1v) is 5.86. The molecular weight excluding hydrogens is 174 g/mol. The second kappa shape index (κ2) is 5.50. The van der Waals surface area contributed by atoms with Crippen LogP contribution in [0.3, 0.4) is 0 Å². The van der Waals surface area contributed by atoms with E-state index in [9.17, 15) is 4.79 Å². The quantitative estimate of drug-likeness (QED) is 0.689. The zero-order chi connectivity index (χ0) is 10.6. The number of hydrogen-bond acceptors (Lipinski definition) is 2. The normalized spacial score (nSPS) is 26.1. The van der Waals surface area contributed by atoms with Crippen LogP contribution in [0.4, 0.5) is 0 Å². The number of Topliss-reactive ketones (excluding diaryl/α,β-unsaturated/α-hetero) is 1. The number of likely N-dealkylation sites (tertiary alicyclic amines) is 1. The summed E-state index contributed by atoms with van der Waals surface area (Å²) in [4.78, 5) is 13.7. The highest BCUT2D eigenvalue weighted by Gasteiger charge is 2.23. The molecule has 0 saturated carbocycles. The molecule has 0 N–H and O–H groups in total. The van der Waals surface area contributed by atoms with E-state index in [-0.39, 0.29) is 0 Å². The predicted octanol–water partition coefficient (Wildman–Crippen LogP) is 2.33. The minimum absolute atomic E-state index is 0.313. The van der Waals surface area contributed by atoms with E-state index in [4.69, 9.17) is 0 Å². The van der Waals surface area contributed by atoms with Crippen LogP contribution in [0.2, 0.25) is 0 Å². The molecule has 1 aliphatic rings. The van der Waals surface area contributed by atoms with Crippen molar-refractivity contribution in [2.75, 3.05) is 19.6 Å². The van der Waals surface area contributed by atoms with Crippen LogP contribution in [0, 0.1) is 11.8 Å². The number of rotatable bonds is 4. The average molecular weight is 197 g/mol. The molecule has 0 aromatic carbocycles. The fraction of sp³-hybridized carbons (Fsp3) is 0.917. The molecule has 2 nitrogen and oxygen atoms in total. The highest BCUT2D eigenvalue weighted by molar-refractivity contribution is 5.78. The van der Waals surface area contributed by atoms with E-state index in [1.54, 1.807) is 6.92 Å². The summed E-state index contributed by atoms with van der Waals surface area (Å²) in [5.41, 5.74) is 0. The molecule has 0 spiro atoms. The third-order valence-electron chi connectivity index (χ3n) is 3.35. The van der Waals surface area contributed by atoms with Crippen molar-refractivity contribution >= 4 is 5.78 Å². The van der Waals surface area contributed by atoms with Gasteiger partial charge in [-0.15, -0.1) is 0 Å².